The topological polar surface area (TPSA) is 121 Å². The normalized spacial score (nSPS) is 11.4. The molecule has 0 atom stereocenters. The molecule has 0 aliphatic rings. The number of esters is 2. The summed E-state index contributed by atoms with van der Waals surface area (Å²) >= 11 is 0. The predicted molar refractivity (Wildman–Crippen MR) is 128 cm³/mol. The molecule has 0 aliphatic carbocycles. The van der Waals surface area contributed by atoms with E-state index in [1.807, 2.05) is 13.8 Å². The lowest BCUT2D eigenvalue weighted by molar-refractivity contribution is -0.193. The largest absolute Gasteiger partial charge is 0.493 e. The third kappa shape index (κ3) is 6.57. The molecule has 0 radical (unpaired) electrons. The van der Waals surface area contributed by atoms with Crippen LogP contribution in [0.1, 0.15) is 46.7 Å². The van der Waals surface area contributed by atoms with E-state index in [0.29, 0.717) is 5.75 Å². The highest BCUT2D eigenvalue weighted by Gasteiger charge is 2.43. The minimum Gasteiger partial charge on any atom is -0.493 e. The quantitative estimate of drug-likeness (QED) is 0.176. The van der Waals surface area contributed by atoms with Crippen LogP contribution in [0.2, 0.25) is 0 Å². The number of carbonyl (C=O) groups is 3. The number of aromatic nitrogens is 1. The summed E-state index contributed by atoms with van der Waals surface area (Å²) < 4.78 is 58.6. The van der Waals surface area contributed by atoms with Crippen LogP contribution < -0.4 is 14.2 Å². The zero-order chi connectivity index (χ0) is 28.0. The summed E-state index contributed by atoms with van der Waals surface area (Å²) in [5.74, 6) is -4.28. The van der Waals surface area contributed by atoms with Crippen LogP contribution in [0.15, 0.2) is 42.6 Å². The van der Waals surface area contributed by atoms with Gasteiger partial charge >= 0.3 is 18.1 Å². The molecule has 0 spiro atoms. The molecule has 1 heterocycles. The molecular formula is C26H24F3NO8. The first-order valence-electron chi connectivity index (χ1n) is 11.4. The molecule has 202 valence electrons. The Morgan fingerprint density at radius 2 is 1.76 bits per heavy atom. The molecule has 0 bridgehead atoms. The maximum Gasteiger partial charge on any atom is 0.491 e. The van der Waals surface area contributed by atoms with Gasteiger partial charge in [-0.15, -0.1) is 0 Å². The Morgan fingerprint density at radius 1 is 1.05 bits per heavy atom. The second-order valence-corrected chi connectivity index (χ2v) is 8.19. The highest BCUT2D eigenvalue weighted by Crippen LogP contribution is 2.36. The molecule has 0 saturated heterocycles. The summed E-state index contributed by atoms with van der Waals surface area (Å²) in [6, 6.07) is 8.89. The van der Waals surface area contributed by atoms with Gasteiger partial charge < -0.3 is 24.1 Å². The highest BCUT2D eigenvalue weighted by molar-refractivity contribution is 6.18. The Labute approximate surface area is 215 Å². The van der Waals surface area contributed by atoms with Crippen LogP contribution in [-0.2, 0) is 9.53 Å². The minimum atomic E-state index is -5.40. The minimum absolute atomic E-state index is 0.0328. The zero-order valence-electron chi connectivity index (χ0n) is 20.6. The van der Waals surface area contributed by atoms with E-state index in [2.05, 4.69) is 9.72 Å². The Morgan fingerprint density at radius 3 is 2.39 bits per heavy atom. The number of carbonyl (C=O) groups excluding carboxylic acids is 3. The lowest BCUT2D eigenvalue weighted by Crippen LogP contribution is -2.28. The molecule has 0 saturated carbocycles. The van der Waals surface area contributed by atoms with Gasteiger partial charge in [-0.25, -0.2) is 9.59 Å². The summed E-state index contributed by atoms with van der Waals surface area (Å²) in [5, 5.41) is 8.99. The van der Waals surface area contributed by atoms with Gasteiger partial charge in [0.25, 0.3) is 0 Å². The molecule has 2 aromatic carbocycles. The monoisotopic (exact) mass is 535 g/mol. The number of aliphatic hydroxyl groups excluding tert-OH is 1. The molecule has 0 fully saturated rings. The maximum absolute atomic E-state index is 13.4. The number of alkyl halides is 3. The molecule has 0 aliphatic heterocycles. The third-order valence-corrected chi connectivity index (χ3v) is 5.05. The first-order chi connectivity index (χ1) is 18.0. The van der Waals surface area contributed by atoms with Crippen LogP contribution in [0.4, 0.5) is 13.2 Å². The number of pyridine rings is 1. The van der Waals surface area contributed by atoms with Crippen molar-refractivity contribution in [2.45, 2.75) is 32.5 Å². The van der Waals surface area contributed by atoms with Crippen molar-refractivity contribution in [1.82, 2.24) is 4.98 Å². The molecule has 12 heteroatoms. The van der Waals surface area contributed by atoms with Crippen molar-refractivity contribution < 1.29 is 51.6 Å². The summed E-state index contributed by atoms with van der Waals surface area (Å²) in [6.07, 6.45) is -4.46. The molecular weight excluding hydrogens is 511 g/mol. The maximum atomic E-state index is 13.4. The Balaban J connectivity index is 2.17. The van der Waals surface area contributed by atoms with Gasteiger partial charge in [-0.1, -0.05) is 12.1 Å². The average Bonchev–Trinajstić information content (AvgIpc) is 2.86. The van der Waals surface area contributed by atoms with Crippen molar-refractivity contribution in [3.63, 3.8) is 0 Å². The zero-order valence-corrected chi connectivity index (χ0v) is 20.6. The van der Waals surface area contributed by atoms with E-state index in [4.69, 9.17) is 19.3 Å². The van der Waals surface area contributed by atoms with E-state index in [1.165, 1.54) is 31.4 Å². The second-order valence-electron chi connectivity index (χ2n) is 8.19. The first-order valence-corrected chi connectivity index (χ1v) is 11.4. The number of methoxy groups -OCH3 is 1. The van der Waals surface area contributed by atoms with Gasteiger partial charge in [0, 0.05) is 35.6 Å². The van der Waals surface area contributed by atoms with E-state index in [1.54, 1.807) is 12.1 Å². The Kier molecular flexibility index (Phi) is 8.89. The fourth-order valence-corrected chi connectivity index (χ4v) is 3.43. The lowest BCUT2D eigenvalue weighted by Gasteiger charge is -2.15. The number of rotatable bonds is 10. The molecule has 1 aromatic heterocycles. The summed E-state index contributed by atoms with van der Waals surface area (Å²) in [6.45, 7) is 3.51. The van der Waals surface area contributed by atoms with Crippen LogP contribution in [0, 0.1) is 0 Å². The van der Waals surface area contributed by atoms with Crippen LogP contribution in [0.5, 0.6) is 17.2 Å². The highest BCUT2D eigenvalue weighted by atomic mass is 19.4. The van der Waals surface area contributed by atoms with Crippen molar-refractivity contribution in [2.75, 3.05) is 20.3 Å². The number of aliphatic hydroxyl groups is 1. The molecule has 38 heavy (non-hydrogen) atoms. The Hall–Kier alpha value is -4.19. The van der Waals surface area contributed by atoms with Gasteiger partial charge in [-0.2, -0.15) is 13.2 Å². The number of halogens is 3. The van der Waals surface area contributed by atoms with Gasteiger partial charge in [0.2, 0.25) is 5.78 Å². The number of ketones is 1. The van der Waals surface area contributed by atoms with Gasteiger partial charge in [0.15, 0.2) is 11.5 Å². The summed E-state index contributed by atoms with van der Waals surface area (Å²) in [4.78, 5) is 41.3. The number of hydrogen-bond donors (Lipinski definition) is 1. The second kappa shape index (κ2) is 11.9. The molecule has 9 nitrogen and oxygen atoms in total. The molecule has 3 aromatic rings. The van der Waals surface area contributed by atoms with Crippen LogP contribution in [0.25, 0.3) is 10.8 Å². The summed E-state index contributed by atoms with van der Waals surface area (Å²) in [7, 11) is 1.32. The van der Waals surface area contributed by atoms with Crippen LogP contribution >= 0.6 is 0 Å². The van der Waals surface area contributed by atoms with Gasteiger partial charge in [0.1, 0.15) is 11.4 Å². The fraction of sp³-hybridized carbons (Fsp3) is 0.308. The van der Waals surface area contributed by atoms with Gasteiger partial charge in [0.05, 0.1) is 25.4 Å². The predicted octanol–water partition coefficient (Wildman–Crippen LogP) is 4.27. The van der Waals surface area contributed by atoms with Gasteiger partial charge in [-0.3, -0.25) is 9.78 Å². The number of hydrogen-bond acceptors (Lipinski definition) is 9. The number of fused-ring (bicyclic) bond motifs is 1. The van der Waals surface area contributed by atoms with Crippen molar-refractivity contribution in [3.05, 3.63) is 59.4 Å². The molecule has 3 rings (SSSR count). The lowest BCUT2D eigenvalue weighted by atomic mass is 9.99. The molecule has 0 amide bonds. The first kappa shape index (κ1) is 28.4. The van der Waals surface area contributed by atoms with Crippen molar-refractivity contribution in [2.24, 2.45) is 0 Å². The van der Waals surface area contributed by atoms with Crippen molar-refractivity contribution >= 4 is 28.5 Å². The van der Waals surface area contributed by atoms with E-state index >= 15 is 0 Å². The number of benzene rings is 2. The molecule has 0 unspecified atom stereocenters. The van der Waals surface area contributed by atoms with Gasteiger partial charge in [-0.05, 0) is 38.1 Å². The van der Waals surface area contributed by atoms with Crippen LogP contribution in [0.3, 0.4) is 0 Å². The van der Waals surface area contributed by atoms with E-state index in [0.717, 1.165) is 6.20 Å². The van der Waals surface area contributed by atoms with E-state index in [-0.39, 0.29) is 59.3 Å². The van der Waals surface area contributed by atoms with E-state index in [9.17, 15) is 27.6 Å². The van der Waals surface area contributed by atoms with Crippen molar-refractivity contribution in [1.29, 1.82) is 0 Å². The van der Waals surface area contributed by atoms with E-state index < -0.39 is 29.5 Å². The number of nitrogens with zero attached hydrogens (tertiary/aromatic N) is 1. The van der Waals surface area contributed by atoms with Crippen molar-refractivity contribution in [3.8, 4) is 17.2 Å². The smallest absolute Gasteiger partial charge is 0.491 e. The fourth-order valence-electron chi connectivity index (χ4n) is 3.43. The molecule has 1 N–H and O–H groups in total. The SMILES string of the molecule is COc1cc2c(C(=O)c3cccc(OC(C)C)c3)ncc(C(=O)OC(=O)C(F)(F)F)c2cc1OCCCO. The number of ether oxygens (including phenoxy) is 4. The standard InChI is InChI=1S/C26H24F3NO8/c1-14(2)37-16-7-4-6-15(10-16)23(32)22-18-12-20(35-3)21(36-9-5-8-31)11-17(18)19(13-30-22)24(33)38-25(34)26(27,28)29/h4,6-7,10-14,31H,5,8-9H2,1-3H3. The van der Waals surface area contributed by atoms with Crippen LogP contribution in [-0.4, -0.2) is 60.4 Å². The Bertz CT molecular complexity index is 1350. The third-order valence-electron chi connectivity index (χ3n) is 5.05. The summed E-state index contributed by atoms with van der Waals surface area (Å²) in [5.41, 5.74) is -0.469. The average molecular weight is 535 g/mol.